The lowest BCUT2D eigenvalue weighted by Crippen LogP contribution is -2.42. The van der Waals surface area contributed by atoms with E-state index >= 15 is 0 Å². The molecule has 0 spiro atoms. The summed E-state index contributed by atoms with van der Waals surface area (Å²) in [5.41, 5.74) is 16.4. The Balaban J connectivity index is 0.832. The lowest BCUT2D eigenvalue weighted by Gasteiger charge is -2.42. The van der Waals surface area contributed by atoms with Gasteiger partial charge in [-0.2, -0.15) is 0 Å². The minimum absolute atomic E-state index is 0.0323. The SMILES string of the molecule is CC1(C)c2cc(N3c4ccccc4Oc4ccccc43)c#cc2-c2ccc(C=Cc3ccc(-c4ccc(N5c6ccccc6CCC6(C)C=CC=CC56)c5ccccc45)cc3)cc21. The van der Waals surface area contributed by atoms with E-state index < -0.39 is 0 Å². The van der Waals surface area contributed by atoms with Gasteiger partial charge in [0.25, 0.3) is 0 Å². The van der Waals surface area contributed by atoms with Crippen LogP contribution in [0.5, 0.6) is 11.5 Å². The third kappa shape index (κ3) is 5.97. The van der Waals surface area contributed by atoms with E-state index in [-0.39, 0.29) is 16.9 Å². The van der Waals surface area contributed by atoms with Gasteiger partial charge in [0.2, 0.25) is 0 Å². The number of anilines is 5. The van der Waals surface area contributed by atoms with Crippen LogP contribution in [0.1, 0.15) is 55.0 Å². The number of hydrogen-bond donors (Lipinski definition) is 0. The van der Waals surface area contributed by atoms with Gasteiger partial charge in [0, 0.05) is 33.2 Å². The number of benzene rings is 7. The maximum absolute atomic E-state index is 6.30. The topological polar surface area (TPSA) is 15.7 Å². The summed E-state index contributed by atoms with van der Waals surface area (Å²) in [7, 11) is 0. The molecular weight excluding hydrogens is 765 g/mol. The van der Waals surface area contributed by atoms with Crippen LogP contribution in [-0.2, 0) is 11.8 Å². The first kappa shape index (κ1) is 37.2. The van der Waals surface area contributed by atoms with E-state index in [4.69, 9.17) is 4.74 Å². The molecule has 0 fully saturated rings. The Morgan fingerprint density at radius 2 is 1.25 bits per heavy atom. The smallest absolute Gasteiger partial charge is 0.151 e. The average molecular weight is 811 g/mol. The van der Waals surface area contributed by atoms with Crippen LogP contribution >= 0.6 is 0 Å². The van der Waals surface area contributed by atoms with Gasteiger partial charge in [-0.25, -0.2) is 0 Å². The van der Waals surface area contributed by atoms with Gasteiger partial charge >= 0.3 is 0 Å². The summed E-state index contributed by atoms with van der Waals surface area (Å²) in [4.78, 5) is 4.86. The van der Waals surface area contributed by atoms with Crippen LogP contribution in [0, 0.1) is 17.5 Å². The molecule has 8 aromatic carbocycles. The Hall–Kier alpha value is -7.54. The molecule has 0 amide bonds. The molecule has 8 aromatic rings. The number of rotatable bonds is 5. The molecule has 0 radical (unpaired) electrons. The highest BCUT2D eigenvalue weighted by atomic mass is 16.5. The zero-order chi connectivity index (χ0) is 42.3. The summed E-state index contributed by atoms with van der Waals surface area (Å²) in [6.07, 6.45) is 15.9. The van der Waals surface area contributed by atoms with E-state index in [1.165, 1.54) is 66.7 Å². The van der Waals surface area contributed by atoms with Gasteiger partial charge < -0.3 is 9.64 Å². The molecule has 2 unspecified atom stereocenters. The van der Waals surface area contributed by atoms with Crippen molar-refractivity contribution in [2.45, 2.75) is 45.1 Å². The number of hydrogen-bond acceptors (Lipinski definition) is 3. The minimum Gasteiger partial charge on any atom is -0.453 e. The first-order valence-electron chi connectivity index (χ1n) is 22.2. The first-order valence-corrected chi connectivity index (χ1v) is 22.2. The van der Waals surface area contributed by atoms with Crippen LogP contribution in [-0.4, -0.2) is 6.04 Å². The average Bonchev–Trinajstić information content (AvgIpc) is 3.45. The fourth-order valence-electron chi connectivity index (χ4n) is 10.7. The molecule has 0 saturated heterocycles. The third-order valence-electron chi connectivity index (χ3n) is 14.1. The standard InChI is InChI=1S/C60H46N2O/c1-59(2)50-38-41(27-31-47(50)48-32-30-44(39-51(48)59)61-54-18-8-10-20-56(54)63-57-21-11-9-19-55(57)61)24-23-40-25-28-42(29-26-40)45-33-34-53(49-16-6-5-15-46(45)49)62-52-17-7-4-14-43(52)35-37-60(3)36-13-12-22-58(60)62/h4-29,31,33-34,36,38-39,58H,35,37H2,1-3H3. The Labute approximate surface area is 370 Å². The molecule has 3 heteroatoms. The predicted molar refractivity (Wildman–Crippen MR) is 262 cm³/mol. The summed E-state index contributed by atoms with van der Waals surface area (Å²) < 4.78 is 6.30. The Kier molecular flexibility index (Phi) is 8.43. The monoisotopic (exact) mass is 810 g/mol. The normalized spacial score (nSPS) is 18.7. The lowest BCUT2D eigenvalue weighted by molar-refractivity contribution is 0.353. The molecule has 2 atom stereocenters. The van der Waals surface area contributed by atoms with Crippen molar-refractivity contribution in [2.75, 3.05) is 9.80 Å². The number of fused-ring (bicyclic) bond motifs is 8. The van der Waals surface area contributed by atoms with Gasteiger partial charge in [-0.15, -0.1) is 0 Å². The molecule has 0 saturated carbocycles. The fourth-order valence-corrected chi connectivity index (χ4v) is 10.7. The summed E-state index contributed by atoms with van der Waals surface area (Å²) in [6, 6.07) is 64.5. The molecule has 12 rings (SSSR count). The molecule has 2 heterocycles. The largest absolute Gasteiger partial charge is 0.453 e. The van der Waals surface area contributed by atoms with Crippen LogP contribution in [0.15, 0.2) is 182 Å². The zero-order valence-electron chi connectivity index (χ0n) is 35.8. The van der Waals surface area contributed by atoms with Gasteiger partial charge in [-0.05, 0) is 111 Å². The Morgan fingerprint density at radius 1 is 0.587 bits per heavy atom. The Bertz CT molecular complexity index is 3180. The summed E-state index contributed by atoms with van der Waals surface area (Å²) in [6.45, 7) is 7.08. The van der Waals surface area contributed by atoms with E-state index in [0.717, 1.165) is 47.0 Å². The van der Waals surface area contributed by atoms with Gasteiger partial charge in [0.15, 0.2) is 11.5 Å². The van der Waals surface area contributed by atoms with Crippen LogP contribution in [0.2, 0.25) is 0 Å². The molecule has 4 aliphatic rings. The highest BCUT2D eigenvalue weighted by molar-refractivity contribution is 6.05. The molecule has 2 aliphatic heterocycles. The zero-order valence-corrected chi connectivity index (χ0v) is 35.8. The summed E-state index contributed by atoms with van der Waals surface area (Å²) in [5, 5.41) is 2.53. The molecule has 0 N–H and O–H groups in total. The van der Waals surface area contributed by atoms with Gasteiger partial charge in [-0.1, -0.05) is 179 Å². The molecule has 0 aromatic heterocycles. The van der Waals surface area contributed by atoms with Crippen molar-refractivity contribution in [3.8, 4) is 33.8 Å². The molecule has 2 aliphatic carbocycles. The fraction of sp³-hybridized carbons (Fsp3) is 0.133. The minimum atomic E-state index is -0.222. The van der Waals surface area contributed by atoms with E-state index in [0.29, 0.717) is 0 Å². The molecule has 63 heavy (non-hydrogen) atoms. The Morgan fingerprint density at radius 3 is 2.05 bits per heavy atom. The quantitative estimate of drug-likeness (QED) is 0.161. The van der Waals surface area contributed by atoms with Crippen LogP contribution in [0.3, 0.4) is 0 Å². The summed E-state index contributed by atoms with van der Waals surface area (Å²) >= 11 is 0. The number of nitrogens with zero attached hydrogens (tertiary/aromatic N) is 2. The van der Waals surface area contributed by atoms with Crippen molar-refractivity contribution < 1.29 is 4.74 Å². The second-order valence-corrected chi connectivity index (χ2v) is 18.2. The van der Waals surface area contributed by atoms with Crippen LogP contribution in [0.4, 0.5) is 28.4 Å². The van der Waals surface area contributed by atoms with E-state index in [2.05, 4.69) is 213 Å². The van der Waals surface area contributed by atoms with Crippen LogP contribution < -0.4 is 14.5 Å². The van der Waals surface area contributed by atoms with E-state index in [1.54, 1.807) is 0 Å². The second-order valence-electron chi connectivity index (χ2n) is 18.2. The van der Waals surface area contributed by atoms with Gasteiger partial charge in [0.1, 0.15) is 0 Å². The van der Waals surface area contributed by atoms with Crippen molar-refractivity contribution in [3.05, 3.63) is 222 Å². The maximum Gasteiger partial charge on any atom is 0.151 e. The predicted octanol–water partition coefficient (Wildman–Crippen LogP) is 15.7. The number of para-hydroxylation sites is 5. The lowest BCUT2D eigenvalue weighted by atomic mass is 9.75. The molecule has 302 valence electrons. The third-order valence-corrected chi connectivity index (χ3v) is 14.1. The van der Waals surface area contributed by atoms with Crippen molar-refractivity contribution in [3.63, 3.8) is 0 Å². The van der Waals surface area contributed by atoms with Crippen molar-refractivity contribution in [1.82, 2.24) is 0 Å². The van der Waals surface area contributed by atoms with Gasteiger partial charge in [-0.3, -0.25) is 4.90 Å². The highest BCUT2D eigenvalue weighted by Crippen LogP contribution is 2.54. The second kappa shape index (κ2) is 14.3. The van der Waals surface area contributed by atoms with Crippen molar-refractivity contribution >= 4 is 51.4 Å². The van der Waals surface area contributed by atoms with Crippen molar-refractivity contribution in [1.29, 1.82) is 0 Å². The highest BCUT2D eigenvalue weighted by Gasteiger charge is 2.40. The van der Waals surface area contributed by atoms with Crippen molar-refractivity contribution in [2.24, 2.45) is 5.41 Å². The first-order chi connectivity index (χ1) is 30.8. The van der Waals surface area contributed by atoms with E-state index in [1.807, 2.05) is 24.3 Å². The number of ether oxygens (including phenoxy) is 1. The molecule has 3 nitrogen and oxygen atoms in total. The van der Waals surface area contributed by atoms with Crippen LogP contribution in [0.25, 0.3) is 45.2 Å². The molecule has 0 bridgehead atoms. The maximum atomic E-state index is 6.30. The number of allylic oxidation sites excluding steroid dienone is 2. The van der Waals surface area contributed by atoms with Gasteiger partial charge in [0.05, 0.1) is 23.1 Å². The number of aryl methyl sites for hydroxylation is 1. The summed E-state index contributed by atoms with van der Waals surface area (Å²) in [5.74, 6) is 1.66. The van der Waals surface area contributed by atoms with E-state index in [9.17, 15) is 0 Å². The molecular formula is C60H46N2O.